The number of fused-ring (bicyclic) bond motifs is 1. The minimum Gasteiger partial charge on any atom is -0.506 e. The van der Waals surface area contributed by atoms with E-state index in [1.165, 1.54) is 6.07 Å². The van der Waals surface area contributed by atoms with Crippen molar-refractivity contribution in [3.63, 3.8) is 0 Å². The summed E-state index contributed by atoms with van der Waals surface area (Å²) in [4.78, 5) is 0. The van der Waals surface area contributed by atoms with Gasteiger partial charge in [0.05, 0.1) is 18.2 Å². The van der Waals surface area contributed by atoms with Crippen LogP contribution in [0.2, 0.25) is 5.02 Å². The molecule has 70 valence electrons. The smallest absolute Gasteiger partial charge is 0.164 e. The average molecular weight is 201 g/mol. The number of halogens is 1. The normalized spacial score (nSPS) is 15.2. The van der Waals surface area contributed by atoms with Gasteiger partial charge in [0.15, 0.2) is 11.5 Å². The summed E-state index contributed by atoms with van der Waals surface area (Å²) < 4.78 is 10.7. The molecule has 1 aliphatic rings. The summed E-state index contributed by atoms with van der Waals surface area (Å²) in [6.07, 6.45) is 0.840. The molecular formula is C9H9ClO3. The number of benzene rings is 1. The Morgan fingerprint density at radius 1 is 1.15 bits per heavy atom. The van der Waals surface area contributed by atoms with Crippen LogP contribution in [0.3, 0.4) is 0 Å². The molecule has 0 atom stereocenters. The Hall–Kier alpha value is -1.09. The molecule has 4 heteroatoms. The second-order valence-corrected chi connectivity index (χ2v) is 3.21. The fourth-order valence-electron chi connectivity index (χ4n) is 1.17. The maximum Gasteiger partial charge on any atom is 0.164 e. The Morgan fingerprint density at radius 3 is 2.46 bits per heavy atom. The lowest BCUT2D eigenvalue weighted by molar-refractivity contribution is 0.296. The molecule has 0 aliphatic carbocycles. The molecule has 1 aliphatic heterocycles. The predicted octanol–water partition coefficient (Wildman–Crippen LogP) is 2.21. The van der Waals surface area contributed by atoms with Crippen LogP contribution in [0, 0.1) is 0 Å². The number of rotatable bonds is 0. The van der Waals surface area contributed by atoms with Crippen LogP contribution in [-0.2, 0) is 0 Å². The maximum absolute atomic E-state index is 9.30. The van der Waals surface area contributed by atoms with Gasteiger partial charge in [0.2, 0.25) is 0 Å². The summed E-state index contributed by atoms with van der Waals surface area (Å²) in [6, 6.07) is 3.04. The molecule has 13 heavy (non-hydrogen) atoms. The van der Waals surface area contributed by atoms with Crippen molar-refractivity contribution in [2.45, 2.75) is 6.42 Å². The Kier molecular flexibility index (Phi) is 2.19. The van der Waals surface area contributed by atoms with Crippen molar-refractivity contribution in [3.05, 3.63) is 17.2 Å². The zero-order valence-corrected chi connectivity index (χ0v) is 7.67. The first-order chi connectivity index (χ1) is 6.27. The van der Waals surface area contributed by atoms with Crippen LogP contribution in [0.15, 0.2) is 12.1 Å². The molecular weight excluding hydrogens is 192 g/mol. The van der Waals surface area contributed by atoms with Crippen LogP contribution in [0.4, 0.5) is 0 Å². The van der Waals surface area contributed by atoms with Crippen LogP contribution in [0.25, 0.3) is 0 Å². The van der Waals surface area contributed by atoms with Crippen LogP contribution >= 0.6 is 11.6 Å². The summed E-state index contributed by atoms with van der Waals surface area (Å²) in [7, 11) is 0. The van der Waals surface area contributed by atoms with Crippen LogP contribution in [-0.4, -0.2) is 18.3 Å². The average Bonchev–Trinajstić information content (AvgIpc) is 2.31. The number of phenolic OH excluding ortho intramolecular Hbond substituents is 1. The first-order valence-electron chi connectivity index (χ1n) is 4.05. The molecule has 1 N–H and O–H groups in total. The summed E-state index contributed by atoms with van der Waals surface area (Å²) in [5.41, 5.74) is 0. The van der Waals surface area contributed by atoms with Gasteiger partial charge in [-0.2, -0.15) is 0 Å². The van der Waals surface area contributed by atoms with E-state index in [1.807, 2.05) is 0 Å². The van der Waals surface area contributed by atoms with Gasteiger partial charge in [0, 0.05) is 18.6 Å². The van der Waals surface area contributed by atoms with Gasteiger partial charge in [0.25, 0.3) is 0 Å². The predicted molar refractivity (Wildman–Crippen MR) is 48.7 cm³/mol. The Labute approximate surface area is 80.8 Å². The lowest BCUT2D eigenvalue weighted by atomic mass is 10.3. The van der Waals surface area contributed by atoms with E-state index in [4.69, 9.17) is 21.1 Å². The second kappa shape index (κ2) is 3.34. The number of hydrogen-bond acceptors (Lipinski definition) is 3. The lowest BCUT2D eigenvalue weighted by Crippen LogP contribution is -1.97. The van der Waals surface area contributed by atoms with E-state index in [0.717, 1.165) is 6.42 Å². The molecule has 1 heterocycles. The summed E-state index contributed by atoms with van der Waals surface area (Å²) in [5.74, 6) is 1.17. The largest absolute Gasteiger partial charge is 0.506 e. The zero-order chi connectivity index (χ0) is 9.26. The van der Waals surface area contributed by atoms with Gasteiger partial charge in [-0.05, 0) is 0 Å². The molecule has 0 radical (unpaired) electrons. The first kappa shape index (κ1) is 8.51. The summed E-state index contributed by atoms with van der Waals surface area (Å²) >= 11 is 5.71. The van der Waals surface area contributed by atoms with Gasteiger partial charge in [-0.3, -0.25) is 0 Å². The van der Waals surface area contributed by atoms with Crippen molar-refractivity contribution in [2.75, 3.05) is 13.2 Å². The molecule has 2 rings (SSSR count). The van der Waals surface area contributed by atoms with Gasteiger partial charge >= 0.3 is 0 Å². The molecule has 1 aromatic carbocycles. The maximum atomic E-state index is 9.30. The molecule has 1 aromatic rings. The van der Waals surface area contributed by atoms with Crippen LogP contribution in [0.1, 0.15) is 6.42 Å². The topological polar surface area (TPSA) is 38.7 Å². The van der Waals surface area contributed by atoms with E-state index >= 15 is 0 Å². The van der Waals surface area contributed by atoms with E-state index in [1.54, 1.807) is 6.07 Å². The van der Waals surface area contributed by atoms with Crippen molar-refractivity contribution in [2.24, 2.45) is 0 Å². The van der Waals surface area contributed by atoms with Gasteiger partial charge in [-0.25, -0.2) is 0 Å². The van der Waals surface area contributed by atoms with Crippen molar-refractivity contribution in [3.8, 4) is 17.2 Å². The van der Waals surface area contributed by atoms with Crippen molar-refractivity contribution in [1.29, 1.82) is 0 Å². The number of phenols is 1. The number of aromatic hydroxyl groups is 1. The van der Waals surface area contributed by atoms with E-state index in [-0.39, 0.29) is 10.8 Å². The zero-order valence-electron chi connectivity index (χ0n) is 6.92. The fourth-order valence-corrected chi connectivity index (χ4v) is 1.33. The minimum absolute atomic E-state index is 0.0194. The minimum atomic E-state index is 0.0194. The van der Waals surface area contributed by atoms with Crippen molar-refractivity contribution in [1.82, 2.24) is 0 Å². The van der Waals surface area contributed by atoms with Crippen molar-refractivity contribution >= 4 is 11.6 Å². The molecule has 0 saturated heterocycles. The quantitative estimate of drug-likeness (QED) is 0.698. The third-order valence-corrected chi connectivity index (χ3v) is 2.12. The Balaban J connectivity index is 2.43. The summed E-state index contributed by atoms with van der Waals surface area (Å²) in [5, 5.41) is 9.58. The highest BCUT2D eigenvalue weighted by atomic mass is 35.5. The molecule has 0 aromatic heterocycles. The third-order valence-electron chi connectivity index (χ3n) is 1.82. The standard InChI is InChI=1S/C9H9ClO3/c10-6-4-8-9(5-7(6)11)13-3-1-2-12-8/h4-5,11H,1-3H2. The van der Waals surface area contributed by atoms with E-state index < -0.39 is 0 Å². The van der Waals surface area contributed by atoms with E-state index in [0.29, 0.717) is 24.7 Å². The fraction of sp³-hybridized carbons (Fsp3) is 0.333. The van der Waals surface area contributed by atoms with Crippen LogP contribution in [0.5, 0.6) is 17.2 Å². The van der Waals surface area contributed by atoms with Gasteiger partial charge < -0.3 is 14.6 Å². The molecule has 0 fully saturated rings. The SMILES string of the molecule is Oc1cc2c(cc1Cl)OCCCO2. The highest BCUT2D eigenvalue weighted by Crippen LogP contribution is 2.37. The summed E-state index contributed by atoms with van der Waals surface area (Å²) in [6.45, 7) is 1.22. The molecule has 0 saturated carbocycles. The van der Waals surface area contributed by atoms with Crippen LogP contribution < -0.4 is 9.47 Å². The molecule has 0 bridgehead atoms. The third kappa shape index (κ3) is 1.65. The Morgan fingerprint density at radius 2 is 1.77 bits per heavy atom. The van der Waals surface area contributed by atoms with Crippen molar-refractivity contribution < 1.29 is 14.6 Å². The van der Waals surface area contributed by atoms with Gasteiger partial charge in [-0.15, -0.1) is 0 Å². The van der Waals surface area contributed by atoms with Gasteiger partial charge in [-0.1, -0.05) is 11.6 Å². The van der Waals surface area contributed by atoms with E-state index in [9.17, 15) is 5.11 Å². The molecule has 0 spiro atoms. The van der Waals surface area contributed by atoms with E-state index in [2.05, 4.69) is 0 Å². The molecule has 0 amide bonds. The molecule has 3 nitrogen and oxygen atoms in total. The second-order valence-electron chi connectivity index (χ2n) is 2.80. The first-order valence-corrected chi connectivity index (χ1v) is 4.43. The highest BCUT2D eigenvalue weighted by Gasteiger charge is 2.13. The lowest BCUT2D eigenvalue weighted by Gasteiger charge is -2.07. The number of hydrogen-bond donors (Lipinski definition) is 1. The molecule has 0 unspecified atom stereocenters. The number of ether oxygens (including phenoxy) is 2. The monoisotopic (exact) mass is 200 g/mol. The Bertz CT molecular complexity index is 294. The van der Waals surface area contributed by atoms with Gasteiger partial charge in [0.1, 0.15) is 5.75 Å². The highest BCUT2D eigenvalue weighted by molar-refractivity contribution is 6.32.